The number of nitrogens with one attached hydrogen (secondary N) is 1. The Morgan fingerprint density at radius 1 is 1.14 bits per heavy atom. The lowest BCUT2D eigenvalue weighted by Gasteiger charge is -2.08. The zero-order chi connectivity index (χ0) is 19.5. The predicted molar refractivity (Wildman–Crippen MR) is 106 cm³/mol. The number of carbonyl (C=O) groups is 1. The Balaban J connectivity index is 1.46. The molecule has 6 heteroatoms. The van der Waals surface area contributed by atoms with Crippen LogP contribution in [-0.2, 0) is 4.79 Å². The highest BCUT2D eigenvalue weighted by molar-refractivity contribution is 5.92. The molecule has 1 amide bonds. The summed E-state index contributed by atoms with van der Waals surface area (Å²) in [6.45, 7) is 1.85. The van der Waals surface area contributed by atoms with Crippen LogP contribution in [-0.4, -0.2) is 21.9 Å². The van der Waals surface area contributed by atoms with Gasteiger partial charge in [-0.25, -0.2) is 9.37 Å². The molecule has 1 N–H and O–H groups in total. The molecular formula is C22H18FN3O2. The molecule has 0 unspecified atom stereocenters. The number of aryl methyl sites for hydroxylation is 1. The van der Waals surface area contributed by atoms with Gasteiger partial charge in [-0.3, -0.25) is 4.79 Å². The lowest BCUT2D eigenvalue weighted by molar-refractivity contribution is -0.118. The largest absolute Gasteiger partial charge is 0.484 e. The zero-order valence-corrected chi connectivity index (χ0v) is 15.2. The van der Waals surface area contributed by atoms with Crippen LogP contribution < -0.4 is 10.1 Å². The maximum atomic E-state index is 12.9. The molecule has 28 heavy (non-hydrogen) atoms. The van der Waals surface area contributed by atoms with Crippen molar-refractivity contribution in [2.24, 2.45) is 0 Å². The van der Waals surface area contributed by atoms with Gasteiger partial charge in [0.1, 0.15) is 17.2 Å². The zero-order valence-electron chi connectivity index (χ0n) is 15.2. The second-order valence-corrected chi connectivity index (χ2v) is 6.42. The maximum absolute atomic E-state index is 12.9. The highest BCUT2D eigenvalue weighted by Gasteiger charge is 2.09. The number of nitrogens with zero attached hydrogens (tertiary/aromatic N) is 2. The molecule has 4 aromatic rings. The molecule has 0 saturated carbocycles. The van der Waals surface area contributed by atoms with E-state index < -0.39 is 0 Å². The van der Waals surface area contributed by atoms with Crippen molar-refractivity contribution < 1.29 is 13.9 Å². The van der Waals surface area contributed by atoms with Crippen molar-refractivity contribution >= 4 is 17.2 Å². The average Bonchev–Trinajstić information content (AvgIpc) is 3.14. The maximum Gasteiger partial charge on any atom is 0.262 e. The summed E-state index contributed by atoms with van der Waals surface area (Å²) in [4.78, 5) is 16.8. The number of rotatable bonds is 5. The van der Waals surface area contributed by atoms with Crippen LogP contribution in [0.4, 0.5) is 10.1 Å². The number of fused-ring (bicyclic) bond motifs is 1. The number of carbonyl (C=O) groups excluding carboxylic acids is 1. The fraction of sp³-hybridized carbons (Fsp3) is 0.0909. The van der Waals surface area contributed by atoms with Crippen LogP contribution in [0.3, 0.4) is 0 Å². The van der Waals surface area contributed by atoms with Crippen LogP contribution in [0, 0.1) is 12.7 Å². The van der Waals surface area contributed by atoms with E-state index in [9.17, 15) is 9.18 Å². The van der Waals surface area contributed by atoms with E-state index in [1.807, 2.05) is 54.0 Å². The molecule has 4 rings (SSSR count). The number of ether oxygens (including phenoxy) is 1. The van der Waals surface area contributed by atoms with Crippen LogP contribution >= 0.6 is 0 Å². The number of hydrogen-bond donors (Lipinski definition) is 1. The normalized spacial score (nSPS) is 10.8. The molecule has 2 aromatic heterocycles. The standard InChI is InChI=1S/C22H18FN3O2/c1-15-4-3-11-26-13-20(25-22(15)26)16-5-2-6-18(12-16)24-21(27)14-28-19-9-7-17(23)8-10-19/h2-13H,14H2,1H3,(H,24,27). The van der Waals surface area contributed by atoms with E-state index in [1.165, 1.54) is 24.3 Å². The molecule has 0 bridgehead atoms. The quantitative estimate of drug-likeness (QED) is 0.560. The molecule has 140 valence electrons. The summed E-state index contributed by atoms with van der Waals surface area (Å²) in [7, 11) is 0. The molecule has 5 nitrogen and oxygen atoms in total. The molecule has 0 saturated heterocycles. The van der Waals surface area contributed by atoms with Gasteiger partial charge in [0, 0.05) is 23.6 Å². The van der Waals surface area contributed by atoms with Gasteiger partial charge in [0.05, 0.1) is 5.69 Å². The number of halogens is 1. The number of imidazole rings is 1. The summed E-state index contributed by atoms with van der Waals surface area (Å²) in [5.74, 6) is -0.214. The van der Waals surface area contributed by atoms with Crippen molar-refractivity contribution in [3.63, 3.8) is 0 Å². The summed E-state index contributed by atoms with van der Waals surface area (Å²) >= 11 is 0. The smallest absolute Gasteiger partial charge is 0.262 e. The van der Waals surface area contributed by atoms with Crippen molar-refractivity contribution in [2.45, 2.75) is 6.92 Å². The van der Waals surface area contributed by atoms with E-state index >= 15 is 0 Å². The van der Waals surface area contributed by atoms with E-state index in [1.54, 1.807) is 6.07 Å². The Kier molecular flexibility index (Phi) is 4.76. The van der Waals surface area contributed by atoms with Gasteiger partial charge in [-0.1, -0.05) is 18.2 Å². The Bertz CT molecular complexity index is 1140. The molecule has 0 atom stereocenters. The molecule has 0 aliphatic rings. The number of anilines is 1. The Morgan fingerprint density at radius 3 is 2.75 bits per heavy atom. The van der Waals surface area contributed by atoms with Gasteiger partial charge < -0.3 is 14.5 Å². The van der Waals surface area contributed by atoms with E-state index in [2.05, 4.69) is 10.3 Å². The molecule has 0 radical (unpaired) electrons. The van der Waals surface area contributed by atoms with Gasteiger partial charge in [-0.05, 0) is 55.0 Å². The monoisotopic (exact) mass is 375 g/mol. The Morgan fingerprint density at radius 2 is 1.96 bits per heavy atom. The fourth-order valence-corrected chi connectivity index (χ4v) is 2.93. The fourth-order valence-electron chi connectivity index (χ4n) is 2.93. The first kappa shape index (κ1) is 17.7. The summed E-state index contributed by atoms with van der Waals surface area (Å²) in [5.41, 5.74) is 4.38. The van der Waals surface area contributed by atoms with Gasteiger partial charge >= 0.3 is 0 Å². The Hall–Kier alpha value is -3.67. The third kappa shape index (κ3) is 3.86. The lowest BCUT2D eigenvalue weighted by Crippen LogP contribution is -2.20. The number of amides is 1. The number of pyridine rings is 1. The molecule has 0 fully saturated rings. The summed E-state index contributed by atoms with van der Waals surface area (Å²) < 4.78 is 20.2. The average molecular weight is 375 g/mol. The third-order valence-electron chi connectivity index (χ3n) is 4.30. The van der Waals surface area contributed by atoms with Crippen LogP contribution in [0.1, 0.15) is 5.56 Å². The molecule has 0 aliphatic heterocycles. The van der Waals surface area contributed by atoms with Gasteiger partial charge in [0.2, 0.25) is 0 Å². The summed E-state index contributed by atoms with van der Waals surface area (Å²) in [5, 5.41) is 2.81. The minimum Gasteiger partial charge on any atom is -0.484 e. The van der Waals surface area contributed by atoms with Crippen LogP contribution in [0.5, 0.6) is 5.75 Å². The van der Waals surface area contributed by atoms with Gasteiger partial charge in [-0.15, -0.1) is 0 Å². The van der Waals surface area contributed by atoms with E-state index in [4.69, 9.17) is 4.74 Å². The SMILES string of the molecule is Cc1cccn2cc(-c3cccc(NC(=O)COc4ccc(F)cc4)c3)nc12. The molecular weight excluding hydrogens is 357 g/mol. The summed E-state index contributed by atoms with van der Waals surface area (Å²) in [6, 6.07) is 17.0. The molecule has 0 aliphatic carbocycles. The van der Waals surface area contributed by atoms with Crippen molar-refractivity contribution in [1.29, 1.82) is 0 Å². The second kappa shape index (κ2) is 7.52. The van der Waals surface area contributed by atoms with Gasteiger partial charge in [0.15, 0.2) is 6.61 Å². The molecule has 2 aromatic carbocycles. The second-order valence-electron chi connectivity index (χ2n) is 6.42. The third-order valence-corrected chi connectivity index (χ3v) is 4.30. The van der Waals surface area contributed by atoms with Gasteiger partial charge in [0.25, 0.3) is 5.91 Å². The minimum absolute atomic E-state index is 0.163. The van der Waals surface area contributed by atoms with Crippen molar-refractivity contribution in [3.05, 3.63) is 84.4 Å². The van der Waals surface area contributed by atoms with Crippen LogP contribution in [0.25, 0.3) is 16.9 Å². The molecule has 2 heterocycles. The van der Waals surface area contributed by atoms with Crippen molar-refractivity contribution in [1.82, 2.24) is 9.38 Å². The topological polar surface area (TPSA) is 55.6 Å². The van der Waals surface area contributed by atoms with E-state index in [0.29, 0.717) is 11.4 Å². The van der Waals surface area contributed by atoms with E-state index in [-0.39, 0.29) is 18.3 Å². The summed E-state index contributed by atoms with van der Waals surface area (Å²) in [6.07, 6.45) is 3.91. The molecule has 0 spiro atoms. The number of aromatic nitrogens is 2. The predicted octanol–water partition coefficient (Wildman–Crippen LogP) is 4.47. The lowest BCUT2D eigenvalue weighted by atomic mass is 10.1. The number of benzene rings is 2. The Labute approximate surface area is 161 Å². The minimum atomic E-state index is -0.351. The van der Waals surface area contributed by atoms with E-state index in [0.717, 1.165) is 22.5 Å². The van der Waals surface area contributed by atoms with Crippen molar-refractivity contribution in [3.8, 4) is 17.0 Å². The first-order valence-corrected chi connectivity index (χ1v) is 8.81. The van der Waals surface area contributed by atoms with Crippen LogP contribution in [0.15, 0.2) is 73.1 Å². The highest BCUT2D eigenvalue weighted by Crippen LogP contribution is 2.23. The van der Waals surface area contributed by atoms with Gasteiger partial charge in [-0.2, -0.15) is 0 Å². The highest BCUT2D eigenvalue weighted by atomic mass is 19.1. The van der Waals surface area contributed by atoms with Crippen LogP contribution in [0.2, 0.25) is 0 Å². The first-order chi connectivity index (χ1) is 13.6. The van der Waals surface area contributed by atoms with Crippen molar-refractivity contribution in [2.75, 3.05) is 11.9 Å². The number of hydrogen-bond acceptors (Lipinski definition) is 3. The first-order valence-electron chi connectivity index (χ1n) is 8.81.